The van der Waals surface area contributed by atoms with Crippen molar-refractivity contribution in [3.63, 3.8) is 0 Å². The predicted octanol–water partition coefficient (Wildman–Crippen LogP) is 1.17. The van der Waals surface area contributed by atoms with E-state index in [1.165, 1.54) is 17.1 Å². The molecule has 0 unspecified atom stereocenters. The van der Waals surface area contributed by atoms with Gasteiger partial charge in [0.05, 0.1) is 18.1 Å². The second kappa shape index (κ2) is 3.89. The van der Waals surface area contributed by atoms with Crippen LogP contribution in [0.1, 0.15) is 0 Å². The van der Waals surface area contributed by atoms with Crippen LogP contribution in [0.15, 0.2) is 41.6 Å². The molecule has 0 aliphatic heterocycles. The van der Waals surface area contributed by atoms with Crippen LogP contribution in [-0.2, 0) is 10.0 Å². The minimum atomic E-state index is -3.71. The Morgan fingerprint density at radius 1 is 1.25 bits per heavy atom. The smallest absolute Gasteiger partial charge is 0.240 e. The van der Waals surface area contributed by atoms with E-state index < -0.39 is 10.0 Å². The molecule has 1 aromatic heterocycles. The van der Waals surface area contributed by atoms with Crippen molar-refractivity contribution in [2.75, 3.05) is 0 Å². The number of sulfonamides is 1. The van der Waals surface area contributed by atoms with Gasteiger partial charge in [0.1, 0.15) is 4.90 Å². The third-order valence-corrected chi connectivity index (χ3v) is 3.10. The summed E-state index contributed by atoms with van der Waals surface area (Å²) in [6.07, 6.45) is 2.54. The van der Waals surface area contributed by atoms with Gasteiger partial charge in [-0.25, -0.2) is 18.2 Å². The van der Waals surface area contributed by atoms with Crippen molar-refractivity contribution in [1.29, 1.82) is 0 Å². The summed E-state index contributed by atoms with van der Waals surface area (Å²) in [7, 11) is -3.71. The van der Waals surface area contributed by atoms with Crippen LogP contribution >= 0.6 is 11.6 Å². The summed E-state index contributed by atoms with van der Waals surface area (Å²) < 4.78 is 23.5. The van der Waals surface area contributed by atoms with Crippen molar-refractivity contribution in [3.8, 4) is 5.69 Å². The van der Waals surface area contributed by atoms with Gasteiger partial charge in [0.2, 0.25) is 10.0 Å². The Hall–Kier alpha value is -1.37. The van der Waals surface area contributed by atoms with Gasteiger partial charge in [-0.1, -0.05) is 11.6 Å². The van der Waals surface area contributed by atoms with Crippen LogP contribution < -0.4 is 5.14 Å². The maximum absolute atomic E-state index is 11.0. The van der Waals surface area contributed by atoms with Gasteiger partial charge in [0, 0.05) is 5.02 Å². The van der Waals surface area contributed by atoms with Crippen LogP contribution in [0, 0.1) is 0 Å². The molecule has 0 bridgehead atoms. The quantitative estimate of drug-likeness (QED) is 0.877. The third-order valence-electron chi connectivity index (χ3n) is 1.98. The Morgan fingerprint density at radius 2 is 1.88 bits per heavy atom. The molecular weight excluding hydrogens is 250 g/mol. The molecule has 0 radical (unpaired) electrons. The Bertz CT molecular complexity index is 604. The van der Waals surface area contributed by atoms with Crippen LogP contribution in [0.3, 0.4) is 0 Å². The zero-order valence-electron chi connectivity index (χ0n) is 8.04. The number of aromatic nitrogens is 2. The Labute approximate surface area is 97.5 Å². The lowest BCUT2D eigenvalue weighted by Gasteiger charge is -1.99. The highest BCUT2D eigenvalue weighted by Gasteiger charge is 2.10. The number of hydrogen-bond donors (Lipinski definition) is 1. The summed E-state index contributed by atoms with van der Waals surface area (Å²) in [5.74, 6) is 0. The summed E-state index contributed by atoms with van der Waals surface area (Å²) >= 11 is 5.73. The van der Waals surface area contributed by atoms with Crippen molar-refractivity contribution in [2.24, 2.45) is 5.14 Å². The van der Waals surface area contributed by atoms with Crippen LogP contribution in [0.4, 0.5) is 0 Å². The van der Waals surface area contributed by atoms with Gasteiger partial charge in [-0.05, 0) is 24.3 Å². The highest BCUT2D eigenvalue weighted by molar-refractivity contribution is 7.89. The summed E-state index contributed by atoms with van der Waals surface area (Å²) in [5.41, 5.74) is 0.708. The second-order valence-corrected chi connectivity index (χ2v) is 5.14. The molecule has 0 saturated carbocycles. The number of hydrogen-bond acceptors (Lipinski definition) is 3. The van der Waals surface area contributed by atoms with Crippen LogP contribution in [0.25, 0.3) is 5.69 Å². The number of benzene rings is 1. The summed E-state index contributed by atoms with van der Waals surface area (Å²) in [6, 6.07) is 6.83. The fourth-order valence-corrected chi connectivity index (χ4v) is 1.76. The molecule has 0 saturated heterocycles. The van der Waals surface area contributed by atoms with E-state index in [4.69, 9.17) is 16.7 Å². The van der Waals surface area contributed by atoms with E-state index >= 15 is 0 Å². The van der Waals surface area contributed by atoms with Gasteiger partial charge in [-0.2, -0.15) is 5.10 Å². The molecule has 0 amide bonds. The lowest BCUT2D eigenvalue weighted by molar-refractivity contribution is 0.598. The molecule has 0 aliphatic carbocycles. The van der Waals surface area contributed by atoms with E-state index in [9.17, 15) is 8.42 Å². The zero-order valence-corrected chi connectivity index (χ0v) is 9.61. The molecular formula is C9H8ClN3O2S. The molecule has 84 valence electrons. The number of halogens is 1. The second-order valence-electron chi connectivity index (χ2n) is 3.14. The fourth-order valence-electron chi connectivity index (χ4n) is 1.19. The highest BCUT2D eigenvalue weighted by atomic mass is 35.5. The lowest BCUT2D eigenvalue weighted by Crippen LogP contribution is -2.11. The summed E-state index contributed by atoms with van der Waals surface area (Å²) in [6.45, 7) is 0. The van der Waals surface area contributed by atoms with Gasteiger partial charge in [-0.3, -0.25) is 0 Å². The van der Waals surface area contributed by atoms with E-state index in [-0.39, 0.29) is 4.90 Å². The molecule has 5 nitrogen and oxygen atoms in total. The number of rotatable bonds is 2. The van der Waals surface area contributed by atoms with E-state index in [0.717, 1.165) is 0 Å². The Kier molecular flexibility index (Phi) is 2.71. The molecule has 7 heteroatoms. The first-order valence-electron chi connectivity index (χ1n) is 4.30. The maximum Gasteiger partial charge on any atom is 0.241 e. The first-order chi connectivity index (χ1) is 7.47. The molecule has 1 heterocycles. The van der Waals surface area contributed by atoms with E-state index in [0.29, 0.717) is 10.7 Å². The molecule has 0 aliphatic rings. The minimum absolute atomic E-state index is 0.0255. The third kappa shape index (κ3) is 2.24. The molecule has 0 fully saturated rings. The Balaban J connectivity index is 2.43. The van der Waals surface area contributed by atoms with Crippen LogP contribution in [0.2, 0.25) is 5.02 Å². The predicted molar refractivity (Wildman–Crippen MR) is 59.9 cm³/mol. The van der Waals surface area contributed by atoms with E-state index in [1.807, 2.05) is 0 Å². The van der Waals surface area contributed by atoms with Gasteiger partial charge in [-0.15, -0.1) is 0 Å². The first kappa shape index (κ1) is 11.1. The zero-order chi connectivity index (χ0) is 11.8. The normalized spacial score (nSPS) is 11.6. The van der Waals surface area contributed by atoms with Gasteiger partial charge in [0.25, 0.3) is 0 Å². The van der Waals surface area contributed by atoms with Gasteiger partial charge in [0.15, 0.2) is 0 Å². The topological polar surface area (TPSA) is 78.0 Å². The molecule has 0 spiro atoms. The largest absolute Gasteiger partial charge is 0.241 e. The monoisotopic (exact) mass is 257 g/mol. The first-order valence-corrected chi connectivity index (χ1v) is 6.23. The molecule has 16 heavy (non-hydrogen) atoms. The maximum atomic E-state index is 11.0. The summed E-state index contributed by atoms with van der Waals surface area (Å²) in [5, 5.41) is 9.47. The van der Waals surface area contributed by atoms with Crippen molar-refractivity contribution in [3.05, 3.63) is 41.7 Å². The summed E-state index contributed by atoms with van der Waals surface area (Å²) in [4.78, 5) is -0.0255. The van der Waals surface area contributed by atoms with E-state index in [1.54, 1.807) is 24.3 Å². The standard InChI is InChI=1S/C9H8ClN3O2S/c10-7-1-3-8(4-2-7)13-6-9(5-12-13)16(11,14)15/h1-6H,(H2,11,14,15). The van der Waals surface area contributed by atoms with Crippen LogP contribution in [0.5, 0.6) is 0 Å². The van der Waals surface area contributed by atoms with Crippen LogP contribution in [-0.4, -0.2) is 18.2 Å². The van der Waals surface area contributed by atoms with Crippen molar-refractivity contribution in [2.45, 2.75) is 4.90 Å². The fraction of sp³-hybridized carbons (Fsp3) is 0. The average Bonchev–Trinajstić information content (AvgIpc) is 2.67. The SMILES string of the molecule is NS(=O)(=O)c1cnn(-c2ccc(Cl)cc2)c1. The Morgan fingerprint density at radius 3 is 2.38 bits per heavy atom. The highest BCUT2D eigenvalue weighted by Crippen LogP contribution is 2.14. The van der Waals surface area contributed by atoms with Crippen molar-refractivity contribution in [1.82, 2.24) is 9.78 Å². The van der Waals surface area contributed by atoms with Crippen molar-refractivity contribution < 1.29 is 8.42 Å². The number of primary sulfonamides is 1. The number of nitrogens with zero attached hydrogens (tertiary/aromatic N) is 2. The molecule has 0 atom stereocenters. The molecule has 2 N–H and O–H groups in total. The van der Waals surface area contributed by atoms with E-state index in [2.05, 4.69) is 5.10 Å². The van der Waals surface area contributed by atoms with Crippen molar-refractivity contribution >= 4 is 21.6 Å². The number of nitrogens with two attached hydrogens (primary N) is 1. The molecule has 1 aromatic carbocycles. The lowest BCUT2D eigenvalue weighted by atomic mass is 10.3. The van der Waals surface area contributed by atoms with Gasteiger partial charge < -0.3 is 0 Å². The molecule has 2 rings (SSSR count). The molecule has 2 aromatic rings. The minimum Gasteiger partial charge on any atom is -0.240 e. The average molecular weight is 258 g/mol. The van der Waals surface area contributed by atoms with Gasteiger partial charge >= 0.3 is 0 Å².